The average molecular weight is 1380 g/mol. The summed E-state index contributed by atoms with van der Waals surface area (Å²) in [6.07, 6.45) is -8.31. The highest BCUT2D eigenvalue weighted by Gasteiger charge is 2.39. The van der Waals surface area contributed by atoms with Gasteiger partial charge >= 0.3 is 24.3 Å². The molecule has 24 heteroatoms. The Kier molecular flexibility index (Phi) is 26.2. The Morgan fingerprint density at radius 2 is 0.918 bits per heavy atom. The Labute approximate surface area is 566 Å². The monoisotopic (exact) mass is 1370 g/mol. The minimum Gasteiger partial charge on any atom is -0.481 e. The van der Waals surface area contributed by atoms with E-state index in [4.69, 9.17) is 14.2 Å². The maximum Gasteiger partial charge on any atom is 0.416 e. The lowest BCUT2D eigenvalue weighted by Crippen LogP contribution is -2.52. The van der Waals surface area contributed by atoms with Gasteiger partial charge in [-0.05, 0) is 177 Å². The molecule has 0 radical (unpaired) electrons. The van der Waals surface area contributed by atoms with Crippen LogP contribution in [0.1, 0.15) is 151 Å². The van der Waals surface area contributed by atoms with Crippen molar-refractivity contribution in [1.29, 1.82) is 0 Å². The van der Waals surface area contributed by atoms with E-state index in [1.165, 1.54) is 6.07 Å². The second kappa shape index (κ2) is 33.2. The van der Waals surface area contributed by atoms with E-state index in [0.29, 0.717) is 61.5 Å². The third kappa shape index (κ3) is 19.4. The number of amides is 2. The van der Waals surface area contributed by atoms with Crippen molar-refractivity contribution < 1.29 is 73.6 Å². The maximum absolute atomic E-state index is 16.0. The van der Waals surface area contributed by atoms with Gasteiger partial charge in [0.2, 0.25) is 11.8 Å². The molecule has 16 nitrogen and oxygen atoms in total. The summed E-state index contributed by atoms with van der Waals surface area (Å²) in [5.74, 6) is -5.17. The van der Waals surface area contributed by atoms with Gasteiger partial charge in [0, 0.05) is 89.1 Å². The average Bonchev–Trinajstić information content (AvgIpc) is 0.805. The number of nitrogens with zero attached hydrogens (tertiary/aromatic N) is 4. The van der Waals surface area contributed by atoms with Crippen LogP contribution in [0, 0.1) is 65.0 Å². The summed E-state index contributed by atoms with van der Waals surface area (Å²) in [6.45, 7) is 22.6. The SMILES string of the molecule is CCOC(=O)C[C@H](NC(=O)C(CC(C)C)n1cc(CCN2CC(OC)C2)c(C(F)(F)F)cc1=O)c1cc(-c2c(C)cccc2C)cc(C)c1F.COC1CN(CCc2cn(C(CC(C)C)C(=O)N[C@@H](CC(=O)O)c3cc(-c4c(C)cccc4C)cc(C)c3F)c(=O)cc2C(F)(F)F)C1. The van der Waals surface area contributed by atoms with Crippen molar-refractivity contribution in [3.8, 4) is 22.3 Å². The van der Waals surface area contributed by atoms with Crippen molar-refractivity contribution in [2.24, 2.45) is 11.8 Å². The van der Waals surface area contributed by atoms with Crippen LogP contribution in [0.3, 0.4) is 0 Å². The van der Waals surface area contributed by atoms with Crippen LogP contribution in [0.25, 0.3) is 22.3 Å². The number of carboxylic acid groups (broad SMARTS) is 1. The largest absolute Gasteiger partial charge is 0.481 e. The lowest BCUT2D eigenvalue weighted by Gasteiger charge is -2.38. The van der Waals surface area contributed by atoms with Crippen molar-refractivity contribution in [3.63, 3.8) is 0 Å². The molecule has 0 saturated carbocycles. The van der Waals surface area contributed by atoms with Gasteiger partial charge in [-0.1, -0.05) is 64.1 Å². The molecule has 98 heavy (non-hydrogen) atoms. The molecule has 6 aromatic rings. The quantitative estimate of drug-likeness (QED) is 0.0327. The van der Waals surface area contributed by atoms with Gasteiger partial charge in [0.25, 0.3) is 11.1 Å². The second-order valence-electron chi connectivity index (χ2n) is 26.6. The van der Waals surface area contributed by atoms with Crippen molar-refractivity contribution in [2.75, 3.05) is 60.1 Å². The highest BCUT2D eigenvalue weighted by atomic mass is 19.4. The summed E-state index contributed by atoms with van der Waals surface area (Å²) in [5.41, 5.74) is 2.97. The smallest absolute Gasteiger partial charge is 0.416 e. The molecule has 2 unspecified atom stereocenters. The number of hydrogen-bond donors (Lipinski definition) is 3. The van der Waals surface area contributed by atoms with E-state index < -0.39 is 107 Å². The zero-order chi connectivity index (χ0) is 72.4. The predicted octanol–water partition coefficient (Wildman–Crippen LogP) is 13.3. The minimum absolute atomic E-state index is 0.00830. The van der Waals surface area contributed by atoms with Crippen molar-refractivity contribution in [2.45, 2.75) is 163 Å². The summed E-state index contributed by atoms with van der Waals surface area (Å²) >= 11 is 0. The first-order valence-corrected chi connectivity index (χ1v) is 32.9. The van der Waals surface area contributed by atoms with E-state index in [1.807, 2.05) is 87.7 Å². The summed E-state index contributed by atoms with van der Waals surface area (Å²) in [4.78, 5) is 83.6. The Hall–Kier alpha value is -8.06. The number of benzene rings is 4. The van der Waals surface area contributed by atoms with Gasteiger partial charge in [-0.25, -0.2) is 8.78 Å². The van der Waals surface area contributed by atoms with Crippen LogP contribution in [-0.4, -0.2) is 120 Å². The molecule has 8 rings (SSSR count). The molecule has 2 aliphatic heterocycles. The van der Waals surface area contributed by atoms with E-state index >= 15 is 8.78 Å². The number of likely N-dealkylation sites (tertiary alicyclic amines) is 2. The van der Waals surface area contributed by atoms with Gasteiger partial charge in [0.1, 0.15) is 23.7 Å². The Bertz CT molecular complexity index is 3920. The van der Waals surface area contributed by atoms with Gasteiger partial charge in [-0.3, -0.25) is 38.6 Å². The Morgan fingerprint density at radius 3 is 1.23 bits per heavy atom. The summed E-state index contributed by atoms with van der Waals surface area (Å²) in [6, 6.07) is 14.0. The summed E-state index contributed by atoms with van der Waals surface area (Å²) in [5, 5.41) is 15.2. The van der Waals surface area contributed by atoms with Gasteiger partial charge in [-0.15, -0.1) is 0 Å². The molecule has 0 spiro atoms. The third-order valence-corrected chi connectivity index (χ3v) is 18.1. The molecule has 2 aliphatic rings. The zero-order valence-electron chi connectivity index (χ0n) is 57.8. The van der Waals surface area contributed by atoms with E-state index in [2.05, 4.69) is 10.6 Å². The highest BCUT2D eigenvalue weighted by molar-refractivity contribution is 5.83. The van der Waals surface area contributed by atoms with Crippen LogP contribution < -0.4 is 21.8 Å². The fraction of sp³-hybridized carbons (Fsp3) is 0.486. The van der Waals surface area contributed by atoms with Crippen LogP contribution in [0.2, 0.25) is 0 Å². The molecule has 0 bridgehead atoms. The number of rotatable bonds is 27. The summed E-state index contributed by atoms with van der Waals surface area (Å²) in [7, 11) is 3.15. The molecule has 2 amide bonds. The predicted molar refractivity (Wildman–Crippen MR) is 358 cm³/mol. The first-order chi connectivity index (χ1) is 46.0. The molecule has 532 valence electrons. The fourth-order valence-corrected chi connectivity index (χ4v) is 13.0. The van der Waals surface area contributed by atoms with E-state index in [9.17, 15) is 60.2 Å². The van der Waals surface area contributed by atoms with Crippen LogP contribution in [-0.2, 0) is 58.6 Å². The number of nitrogens with one attached hydrogen (secondary N) is 2. The zero-order valence-corrected chi connectivity index (χ0v) is 57.8. The molecule has 4 heterocycles. The first kappa shape index (κ1) is 77.3. The number of carboxylic acids is 1. The second-order valence-corrected chi connectivity index (χ2v) is 26.6. The van der Waals surface area contributed by atoms with Crippen LogP contribution in [0.15, 0.2) is 94.8 Å². The van der Waals surface area contributed by atoms with Gasteiger partial charge < -0.3 is 39.1 Å². The highest BCUT2D eigenvalue weighted by Crippen LogP contribution is 2.38. The lowest BCUT2D eigenvalue weighted by molar-refractivity contribution is -0.144. The molecule has 4 aromatic carbocycles. The molecule has 2 saturated heterocycles. The van der Waals surface area contributed by atoms with Gasteiger partial charge in [0.05, 0.1) is 54.9 Å². The fourth-order valence-electron chi connectivity index (χ4n) is 13.0. The molecule has 2 aromatic heterocycles. The number of alkyl halides is 6. The molecule has 0 aliphatic carbocycles. The Balaban J connectivity index is 0.000000276. The first-order valence-electron chi connectivity index (χ1n) is 32.9. The summed E-state index contributed by atoms with van der Waals surface area (Å²) < 4.78 is 134. The number of halogens is 8. The number of aliphatic carboxylic acids is 1. The minimum atomic E-state index is -4.80. The number of esters is 1. The number of ether oxygens (including phenoxy) is 3. The normalized spacial score (nSPS) is 15.2. The molecular weight excluding hydrogens is 1280 g/mol. The number of aryl methyl sites for hydroxylation is 6. The number of hydrogen-bond acceptors (Lipinski definition) is 11. The molecule has 2 fully saturated rings. The number of pyridine rings is 2. The van der Waals surface area contributed by atoms with Gasteiger partial charge in [0.15, 0.2) is 0 Å². The van der Waals surface area contributed by atoms with Crippen LogP contribution in [0.5, 0.6) is 0 Å². The maximum atomic E-state index is 16.0. The van der Waals surface area contributed by atoms with Crippen LogP contribution >= 0.6 is 0 Å². The van der Waals surface area contributed by atoms with E-state index in [1.54, 1.807) is 67.0 Å². The number of methoxy groups -OCH3 is 2. The van der Waals surface area contributed by atoms with Crippen molar-refractivity contribution >= 4 is 23.8 Å². The van der Waals surface area contributed by atoms with E-state index in [-0.39, 0.29) is 90.7 Å². The van der Waals surface area contributed by atoms with Gasteiger partial charge in [-0.2, -0.15) is 26.3 Å². The number of carbonyl (C=O) groups excluding carboxylic acids is 3. The molecule has 3 N–H and O–H groups in total. The number of aromatic nitrogens is 2. The van der Waals surface area contributed by atoms with E-state index in [0.717, 1.165) is 54.9 Å². The number of carbonyl (C=O) groups is 4. The van der Waals surface area contributed by atoms with Crippen molar-refractivity contribution in [1.82, 2.24) is 29.6 Å². The molecular formula is C74H90F8N6O10. The lowest BCUT2D eigenvalue weighted by atomic mass is 9.90. The topological polar surface area (TPSA) is 191 Å². The Morgan fingerprint density at radius 1 is 0.561 bits per heavy atom. The third-order valence-electron chi connectivity index (χ3n) is 18.1. The molecule has 4 atom stereocenters. The standard InChI is InChI=1S/C38H47F4N3O5.C36H43F4N3O5/c1-8-50-34(47)18-31(29-16-27(15-25(6)36(29)39)35-23(4)10-9-11-24(35)5)43-37(48)32(14-22(2)3)45-19-26(12-13-44-20-28(21-44)49-7)30(17-33(45)46)38(40,41)42;1-20(2)12-30(43-17-24(10-11-42-18-26(19-42)48-6)28(15-31(43)44)36(38,39)40)35(47)41-29(16-32(45)46)27-14-25(13-23(5)34(27)37)33-21(3)8-7-9-22(33)4/h9-11,15-17,19,22,28,31-32H,8,12-14,18,20-21H2,1-7H3,(H,43,48);7-9,13-15,17,20,26,29-30H,10-12,16,18-19H2,1-6H3,(H,41,47)(H,45,46)/t31-,32?;29-,30?/m00/s1. The van der Waals surface area contributed by atoms with Crippen molar-refractivity contribution in [3.05, 3.63) is 184 Å². The van der Waals surface area contributed by atoms with Crippen LogP contribution in [0.4, 0.5) is 35.1 Å².